The molecule has 0 saturated carbocycles. The Labute approximate surface area is 291 Å². The maximum Gasteiger partial charge on any atom is 0.228 e. The number of ether oxygens (including phenoxy) is 5. The van der Waals surface area contributed by atoms with Gasteiger partial charge in [0, 0.05) is 30.9 Å². The van der Waals surface area contributed by atoms with Crippen molar-refractivity contribution in [2.45, 2.75) is 120 Å². The van der Waals surface area contributed by atoms with Gasteiger partial charge in [0.25, 0.3) is 0 Å². The highest BCUT2D eigenvalue weighted by molar-refractivity contribution is 6.28. The lowest BCUT2D eigenvalue weighted by atomic mass is 9.58. The van der Waals surface area contributed by atoms with Gasteiger partial charge in [0.2, 0.25) is 23.0 Å². The third kappa shape index (κ3) is 5.31. The first-order valence-corrected chi connectivity index (χ1v) is 16.4. The van der Waals surface area contributed by atoms with E-state index in [1.807, 2.05) is 0 Å². The quantitative estimate of drug-likeness (QED) is 0.217. The second-order valence-electron chi connectivity index (χ2n) is 14.1. The Morgan fingerprint density at radius 2 is 1.59 bits per heavy atom. The number of phenolic OH excluding ortho intramolecular Hbond substituents is 1. The van der Waals surface area contributed by atoms with E-state index in [0.29, 0.717) is 0 Å². The Kier molecular flexibility index (Phi) is 8.96. The predicted octanol–water partition coefficient (Wildman–Crippen LogP) is 0.337. The van der Waals surface area contributed by atoms with Crippen LogP contribution in [0.1, 0.15) is 89.2 Å². The van der Waals surface area contributed by atoms with Crippen LogP contribution in [0.4, 0.5) is 0 Å². The highest BCUT2D eigenvalue weighted by Gasteiger charge is 2.71. The smallest absolute Gasteiger partial charge is 0.228 e. The fourth-order valence-corrected chi connectivity index (χ4v) is 7.92. The Bertz CT molecular complexity index is 1820. The van der Waals surface area contributed by atoms with E-state index in [9.17, 15) is 54.6 Å². The molecule has 3 aliphatic carbocycles. The zero-order chi connectivity index (χ0) is 37.7. The number of phenols is 1. The van der Waals surface area contributed by atoms with E-state index in [-0.39, 0.29) is 41.7 Å². The molecule has 6 rings (SSSR count). The number of hydrogen-bond donors (Lipinski definition) is 6. The summed E-state index contributed by atoms with van der Waals surface area (Å²) in [6, 6.07) is 0. The van der Waals surface area contributed by atoms with Crippen LogP contribution in [0.2, 0.25) is 0 Å². The molecule has 0 radical (unpaired) electrons. The summed E-state index contributed by atoms with van der Waals surface area (Å²) in [5, 5.41) is 67.8. The topological polar surface area (TPSA) is 253 Å². The molecule has 276 valence electrons. The van der Waals surface area contributed by atoms with E-state index in [1.54, 1.807) is 13.8 Å². The number of methoxy groups -OCH3 is 1. The number of carbonyl (C=O) groups is 5. The highest BCUT2D eigenvalue weighted by atomic mass is 16.7. The van der Waals surface area contributed by atoms with Crippen LogP contribution in [0, 0.1) is 6.92 Å². The summed E-state index contributed by atoms with van der Waals surface area (Å²) in [4.78, 5) is 67.2. The lowest BCUT2D eigenvalue weighted by Gasteiger charge is -2.52. The maximum atomic E-state index is 14.3. The van der Waals surface area contributed by atoms with Gasteiger partial charge in [0.1, 0.15) is 28.8 Å². The average Bonchev–Trinajstić information content (AvgIpc) is 3.04. The number of ketones is 5. The minimum absolute atomic E-state index is 0.0142. The van der Waals surface area contributed by atoms with Gasteiger partial charge in [-0.3, -0.25) is 24.0 Å². The number of hydrogen-bond acceptors (Lipinski definition) is 16. The molecule has 0 aromatic heterocycles. The van der Waals surface area contributed by atoms with Crippen LogP contribution in [-0.2, 0) is 39.7 Å². The Hall–Kier alpha value is -3.87. The fourth-order valence-electron chi connectivity index (χ4n) is 7.92. The lowest BCUT2D eigenvalue weighted by Crippen LogP contribution is -2.74. The molecule has 0 amide bonds. The van der Waals surface area contributed by atoms with Crippen LogP contribution in [0.25, 0.3) is 0 Å². The first kappa shape index (κ1) is 36.9. The standard InChI is InChI=1S/C35H40O16/c1-12-16-10-34(45)32(51-20-8-7-18(14(3)48-20)50-21-11-33(5,44)29(41)15(4)49-21)28(40)23(13(2)36)30(42)35(34,46)31(43)24(16)27(39)25-17(37)9-19(47-6)26(38)22(12)25/h9,14-15,18,20-21,29,32,39,41-42,44-46H,7-8,10-11H2,1-6H3. The molecule has 2 fully saturated rings. The number of aromatic hydroxyl groups is 1. The summed E-state index contributed by atoms with van der Waals surface area (Å²) >= 11 is 0. The molecule has 2 aliphatic heterocycles. The van der Waals surface area contributed by atoms with Crippen LogP contribution in [-0.4, -0.2) is 127 Å². The molecule has 2 heterocycles. The van der Waals surface area contributed by atoms with Crippen LogP contribution in [0.3, 0.4) is 0 Å². The van der Waals surface area contributed by atoms with E-state index in [4.69, 9.17) is 23.7 Å². The summed E-state index contributed by atoms with van der Waals surface area (Å²) in [5.74, 6) is -8.43. The lowest BCUT2D eigenvalue weighted by molar-refractivity contribution is -0.315. The summed E-state index contributed by atoms with van der Waals surface area (Å²) in [5.41, 5.74) is -10.9. The van der Waals surface area contributed by atoms with E-state index >= 15 is 0 Å². The first-order valence-electron chi connectivity index (χ1n) is 16.4. The highest BCUT2D eigenvalue weighted by Crippen LogP contribution is 2.52. The molecule has 2 saturated heterocycles. The number of allylic oxidation sites excluding steroid dienone is 2. The van der Waals surface area contributed by atoms with Crippen molar-refractivity contribution in [2.24, 2.45) is 0 Å². The number of aliphatic hydroxyl groups is 5. The van der Waals surface area contributed by atoms with Gasteiger partial charge in [-0.15, -0.1) is 0 Å². The molecule has 6 N–H and O–H groups in total. The van der Waals surface area contributed by atoms with Crippen molar-refractivity contribution < 1.29 is 78.3 Å². The second-order valence-corrected chi connectivity index (χ2v) is 14.1. The maximum absolute atomic E-state index is 14.3. The van der Waals surface area contributed by atoms with Crippen molar-refractivity contribution in [2.75, 3.05) is 7.11 Å². The molecule has 1 aromatic rings. The molecule has 1 aromatic carbocycles. The van der Waals surface area contributed by atoms with Crippen molar-refractivity contribution in [3.05, 3.63) is 51.0 Å². The number of Topliss-reactive ketones (excluding diaryl/α,β-unsaturated/α-hetero) is 4. The largest absolute Gasteiger partial charge is 0.508 e. The van der Waals surface area contributed by atoms with Gasteiger partial charge in [0.15, 0.2) is 36.0 Å². The minimum Gasteiger partial charge on any atom is -0.508 e. The summed E-state index contributed by atoms with van der Waals surface area (Å²) in [7, 11) is 1.15. The van der Waals surface area contributed by atoms with Crippen LogP contribution >= 0.6 is 0 Å². The molecule has 10 unspecified atom stereocenters. The number of aliphatic hydroxyl groups excluding tert-OH is 2. The molecule has 16 heteroatoms. The Balaban J connectivity index is 1.36. The molecule has 10 atom stereocenters. The Morgan fingerprint density at radius 3 is 2.18 bits per heavy atom. The fraction of sp³-hybridized carbons (Fsp3) is 0.571. The summed E-state index contributed by atoms with van der Waals surface area (Å²) in [6.07, 6.45) is -7.53. The molecule has 0 spiro atoms. The van der Waals surface area contributed by atoms with Gasteiger partial charge in [-0.25, -0.2) is 0 Å². The van der Waals surface area contributed by atoms with Crippen molar-refractivity contribution in [3.63, 3.8) is 0 Å². The van der Waals surface area contributed by atoms with Gasteiger partial charge in [0.05, 0.1) is 42.1 Å². The van der Waals surface area contributed by atoms with Crippen LogP contribution < -0.4 is 0 Å². The molecule has 5 aliphatic rings. The van der Waals surface area contributed by atoms with Crippen LogP contribution in [0.15, 0.2) is 23.2 Å². The number of benzene rings is 1. The van der Waals surface area contributed by atoms with Crippen molar-refractivity contribution in [1.29, 1.82) is 0 Å². The van der Waals surface area contributed by atoms with Gasteiger partial charge < -0.3 is 54.3 Å². The van der Waals surface area contributed by atoms with Gasteiger partial charge in [-0.2, -0.15) is 0 Å². The van der Waals surface area contributed by atoms with Crippen LogP contribution in [0.5, 0.6) is 5.75 Å². The summed E-state index contributed by atoms with van der Waals surface area (Å²) < 4.78 is 28.8. The first-order chi connectivity index (χ1) is 23.7. The average molecular weight is 717 g/mol. The third-order valence-electron chi connectivity index (χ3n) is 10.7. The van der Waals surface area contributed by atoms with Gasteiger partial charge in [-0.1, -0.05) is 0 Å². The zero-order valence-electron chi connectivity index (χ0n) is 28.7. The van der Waals surface area contributed by atoms with Gasteiger partial charge in [-0.05, 0) is 52.2 Å². The summed E-state index contributed by atoms with van der Waals surface area (Å²) in [6.45, 7) is 6.90. The number of fused-ring (bicyclic) bond motifs is 3. The van der Waals surface area contributed by atoms with E-state index in [1.165, 1.54) is 13.8 Å². The molecular formula is C35H40O16. The monoisotopic (exact) mass is 716 g/mol. The SMILES string of the molecule is COC1=CC(=O)c2c(O)c3c(c(C)c2C1=O)CC1(O)C(OC2CCC(OC4CC(C)(O)C(O)C(C)O4)C(C)O2)C(=O)C(C(C)=O)=C(O)C1(O)C3=O. The molecule has 51 heavy (non-hydrogen) atoms. The molecule has 16 nitrogen and oxygen atoms in total. The normalized spacial score (nSPS) is 38.2. The minimum atomic E-state index is -3.45. The molecule has 0 bridgehead atoms. The van der Waals surface area contributed by atoms with E-state index < -0.39 is 123 Å². The van der Waals surface area contributed by atoms with Crippen molar-refractivity contribution in [1.82, 2.24) is 0 Å². The number of carbonyl (C=O) groups excluding carboxylic acids is 5. The Morgan fingerprint density at radius 1 is 0.941 bits per heavy atom. The molecular weight excluding hydrogens is 676 g/mol. The van der Waals surface area contributed by atoms with E-state index in [0.717, 1.165) is 20.1 Å². The second kappa shape index (κ2) is 12.4. The third-order valence-corrected chi connectivity index (χ3v) is 10.7. The zero-order valence-corrected chi connectivity index (χ0v) is 28.7. The van der Waals surface area contributed by atoms with E-state index in [2.05, 4.69) is 0 Å². The van der Waals surface area contributed by atoms with Gasteiger partial charge >= 0.3 is 0 Å². The van der Waals surface area contributed by atoms with Crippen molar-refractivity contribution in [3.8, 4) is 5.75 Å². The number of rotatable bonds is 6. The predicted molar refractivity (Wildman–Crippen MR) is 169 cm³/mol. The van der Waals surface area contributed by atoms with Crippen molar-refractivity contribution >= 4 is 28.9 Å².